The van der Waals surface area contributed by atoms with Gasteiger partial charge in [0.25, 0.3) is 5.56 Å². The normalized spacial score (nSPS) is 10.2. The van der Waals surface area contributed by atoms with E-state index in [0.717, 1.165) is 5.56 Å². The summed E-state index contributed by atoms with van der Waals surface area (Å²) in [6.07, 6.45) is 0.652. The Kier molecular flexibility index (Phi) is 2.00. The molecule has 0 radical (unpaired) electrons. The second-order valence-corrected chi connectivity index (χ2v) is 2.84. The van der Waals surface area contributed by atoms with Crippen molar-refractivity contribution in [2.75, 3.05) is 0 Å². The van der Waals surface area contributed by atoms with Gasteiger partial charge in [-0.25, -0.2) is 0 Å². The van der Waals surface area contributed by atoms with Crippen molar-refractivity contribution in [3.8, 4) is 0 Å². The van der Waals surface area contributed by atoms with Crippen LogP contribution in [0, 0.1) is 0 Å². The standard InChI is InChI=1S/C10H9NO2/c12-10-7-9(13-11-10)6-8-4-2-1-3-5-8/h1-5,7H,6H2,(H,11,12). The van der Waals surface area contributed by atoms with Gasteiger partial charge in [0.2, 0.25) is 0 Å². The van der Waals surface area contributed by atoms with Crippen LogP contribution in [0.2, 0.25) is 0 Å². The van der Waals surface area contributed by atoms with E-state index >= 15 is 0 Å². The Morgan fingerprint density at radius 1 is 1.23 bits per heavy atom. The van der Waals surface area contributed by atoms with Crippen LogP contribution < -0.4 is 5.56 Å². The fraction of sp³-hybridized carbons (Fsp3) is 0.100. The summed E-state index contributed by atoms with van der Waals surface area (Å²) in [6.45, 7) is 0. The molecule has 0 unspecified atom stereocenters. The van der Waals surface area contributed by atoms with Crippen molar-refractivity contribution in [2.24, 2.45) is 0 Å². The maximum atomic E-state index is 10.7. The molecule has 0 aliphatic heterocycles. The number of benzene rings is 1. The van der Waals surface area contributed by atoms with Crippen molar-refractivity contribution in [1.29, 1.82) is 0 Å². The average molecular weight is 175 g/mol. The lowest BCUT2D eigenvalue weighted by Crippen LogP contribution is -1.93. The molecule has 66 valence electrons. The van der Waals surface area contributed by atoms with E-state index in [1.807, 2.05) is 30.3 Å². The van der Waals surface area contributed by atoms with Crippen LogP contribution in [0.25, 0.3) is 0 Å². The smallest absolute Gasteiger partial charge is 0.280 e. The molecular formula is C10H9NO2. The summed E-state index contributed by atoms with van der Waals surface area (Å²) < 4.78 is 4.93. The van der Waals surface area contributed by atoms with Gasteiger partial charge in [0.15, 0.2) is 0 Å². The maximum absolute atomic E-state index is 10.7. The van der Waals surface area contributed by atoms with Gasteiger partial charge in [-0.05, 0) is 5.56 Å². The largest absolute Gasteiger partial charge is 0.383 e. The highest BCUT2D eigenvalue weighted by molar-refractivity contribution is 5.19. The minimum atomic E-state index is -0.189. The SMILES string of the molecule is O=c1cc(Cc2ccccc2)o[nH]1. The molecule has 2 rings (SSSR count). The second kappa shape index (κ2) is 3.31. The predicted octanol–water partition coefficient (Wildman–Crippen LogP) is 1.56. The van der Waals surface area contributed by atoms with E-state index in [4.69, 9.17) is 4.52 Å². The summed E-state index contributed by atoms with van der Waals surface area (Å²) in [4.78, 5) is 10.7. The van der Waals surface area contributed by atoms with Crippen LogP contribution in [0.15, 0.2) is 45.7 Å². The topological polar surface area (TPSA) is 46.0 Å². The minimum absolute atomic E-state index is 0.189. The van der Waals surface area contributed by atoms with Crippen molar-refractivity contribution in [1.82, 2.24) is 5.16 Å². The summed E-state index contributed by atoms with van der Waals surface area (Å²) in [7, 11) is 0. The zero-order chi connectivity index (χ0) is 9.10. The molecule has 0 atom stereocenters. The van der Waals surface area contributed by atoms with E-state index in [9.17, 15) is 4.79 Å². The van der Waals surface area contributed by atoms with Crippen LogP contribution in [0.1, 0.15) is 11.3 Å². The lowest BCUT2D eigenvalue weighted by Gasteiger charge is -1.94. The number of aromatic amines is 1. The molecule has 0 amide bonds. The first-order valence-corrected chi connectivity index (χ1v) is 4.06. The van der Waals surface area contributed by atoms with Gasteiger partial charge in [0, 0.05) is 12.5 Å². The Morgan fingerprint density at radius 2 is 2.00 bits per heavy atom. The summed E-state index contributed by atoms with van der Waals surface area (Å²) in [5.74, 6) is 0.663. The van der Waals surface area contributed by atoms with E-state index in [0.29, 0.717) is 12.2 Å². The average Bonchev–Trinajstić information content (AvgIpc) is 2.53. The van der Waals surface area contributed by atoms with Crippen LogP contribution in [0.4, 0.5) is 0 Å². The molecule has 0 aliphatic rings. The molecule has 0 saturated carbocycles. The lowest BCUT2D eigenvalue weighted by atomic mass is 10.1. The van der Waals surface area contributed by atoms with Crippen LogP contribution in [-0.2, 0) is 6.42 Å². The van der Waals surface area contributed by atoms with E-state index in [1.54, 1.807) is 0 Å². The third-order valence-electron chi connectivity index (χ3n) is 1.80. The number of hydrogen-bond acceptors (Lipinski definition) is 2. The fourth-order valence-corrected chi connectivity index (χ4v) is 1.21. The fourth-order valence-electron chi connectivity index (χ4n) is 1.21. The van der Waals surface area contributed by atoms with Gasteiger partial charge in [-0.1, -0.05) is 30.3 Å². The molecule has 0 spiro atoms. The Balaban J connectivity index is 2.20. The molecule has 0 bridgehead atoms. The van der Waals surface area contributed by atoms with Crippen molar-refractivity contribution >= 4 is 0 Å². The highest BCUT2D eigenvalue weighted by Crippen LogP contribution is 2.05. The third kappa shape index (κ3) is 1.87. The summed E-state index contributed by atoms with van der Waals surface area (Å²) in [5.41, 5.74) is 0.941. The van der Waals surface area contributed by atoms with E-state index < -0.39 is 0 Å². The van der Waals surface area contributed by atoms with Crippen LogP contribution in [0.3, 0.4) is 0 Å². The molecule has 0 saturated heterocycles. The number of nitrogens with one attached hydrogen (secondary N) is 1. The van der Waals surface area contributed by atoms with Gasteiger partial charge < -0.3 is 4.52 Å². The van der Waals surface area contributed by atoms with Gasteiger partial charge in [-0.2, -0.15) is 5.16 Å². The number of H-pyrrole nitrogens is 1. The molecule has 0 fully saturated rings. The Labute approximate surface area is 75.0 Å². The lowest BCUT2D eigenvalue weighted by molar-refractivity contribution is 0.384. The van der Waals surface area contributed by atoms with Crippen molar-refractivity contribution in [2.45, 2.75) is 6.42 Å². The minimum Gasteiger partial charge on any atom is -0.383 e. The number of rotatable bonds is 2. The summed E-state index contributed by atoms with van der Waals surface area (Å²) in [6, 6.07) is 11.3. The predicted molar refractivity (Wildman–Crippen MR) is 48.6 cm³/mol. The van der Waals surface area contributed by atoms with Crippen LogP contribution >= 0.6 is 0 Å². The molecule has 0 aliphatic carbocycles. The molecule has 3 heteroatoms. The molecule has 1 aromatic heterocycles. The highest BCUT2D eigenvalue weighted by Gasteiger charge is 1.99. The quantitative estimate of drug-likeness (QED) is 0.752. The molecule has 1 N–H and O–H groups in total. The monoisotopic (exact) mass is 175 g/mol. The Bertz CT molecular complexity index is 427. The van der Waals surface area contributed by atoms with E-state index in [-0.39, 0.29) is 5.56 Å². The third-order valence-corrected chi connectivity index (χ3v) is 1.80. The van der Waals surface area contributed by atoms with Crippen molar-refractivity contribution in [3.05, 3.63) is 58.1 Å². The zero-order valence-corrected chi connectivity index (χ0v) is 6.99. The number of aromatic nitrogens is 1. The first-order valence-electron chi connectivity index (χ1n) is 4.06. The van der Waals surface area contributed by atoms with Crippen LogP contribution in [0.5, 0.6) is 0 Å². The van der Waals surface area contributed by atoms with Gasteiger partial charge in [0.05, 0.1) is 0 Å². The molecule has 1 heterocycles. The summed E-state index contributed by atoms with van der Waals surface area (Å²) in [5, 5.41) is 2.26. The van der Waals surface area contributed by atoms with Crippen molar-refractivity contribution < 1.29 is 4.52 Å². The van der Waals surface area contributed by atoms with Gasteiger partial charge in [0.1, 0.15) is 5.76 Å². The molecule has 3 nitrogen and oxygen atoms in total. The second-order valence-electron chi connectivity index (χ2n) is 2.84. The zero-order valence-electron chi connectivity index (χ0n) is 6.99. The molecule has 13 heavy (non-hydrogen) atoms. The first kappa shape index (κ1) is 7.86. The molecule has 2 aromatic rings. The molecule has 1 aromatic carbocycles. The van der Waals surface area contributed by atoms with Gasteiger partial charge >= 0.3 is 0 Å². The first-order chi connectivity index (χ1) is 6.34. The molecular weight excluding hydrogens is 166 g/mol. The van der Waals surface area contributed by atoms with E-state index in [1.165, 1.54) is 6.07 Å². The Morgan fingerprint density at radius 3 is 2.62 bits per heavy atom. The summed E-state index contributed by atoms with van der Waals surface area (Å²) >= 11 is 0. The van der Waals surface area contributed by atoms with Crippen LogP contribution in [-0.4, -0.2) is 5.16 Å². The van der Waals surface area contributed by atoms with Gasteiger partial charge in [-0.3, -0.25) is 4.79 Å². The van der Waals surface area contributed by atoms with E-state index in [2.05, 4.69) is 5.16 Å². The van der Waals surface area contributed by atoms with Gasteiger partial charge in [-0.15, -0.1) is 0 Å². The van der Waals surface area contributed by atoms with Crippen molar-refractivity contribution in [3.63, 3.8) is 0 Å². The highest BCUT2D eigenvalue weighted by atomic mass is 16.5. The Hall–Kier alpha value is -1.77. The number of hydrogen-bond donors (Lipinski definition) is 1. The maximum Gasteiger partial charge on any atom is 0.280 e.